The lowest BCUT2D eigenvalue weighted by molar-refractivity contribution is -0.143. The molecule has 0 fully saturated rings. The molecule has 0 aliphatic rings. The standard InChI is InChI=1S/C32H48N6O12S/c1-17(2)26(32(49)50)38-30(47)22(15-18-7-5-4-6-8-18)36-31(48)23(16-39)37-29(46)21(10-12-25(42)43)35-28(45)20(9-11-24(40)41)34-27(44)19(33)13-14-51-3/h4-8,17,19-23,26,39H,9-16,33H2,1-3H3,(H,34,44)(H,35,45)(H,36,48)(H,37,46)(H,38,47)(H,40,41)(H,42,43)(H,49,50)/t19-,20-,21-,22-,23-,26-/m0/s1. The number of benzene rings is 1. The molecule has 1 aromatic rings. The van der Waals surface area contributed by atoms with Crippen molar-refractivity contribution in [1.82, 2.24) is 26.6 Å². The maximum atomic E-state index is 13.4. The minimum atomic E-state index is -1.73. The predicted octanol–water partition coefficient (Wildman–Crippen LogP) is -1.80. The fraction of sp³-hybridized carbons (Fsp3) is 0.562. The Labute approximate surface area is 299 Å². The molecule has 0 saturated heterocycles. The van der Waals surface area contributed by atoms with E-state index in [1.165, 1.54) is 11.8 Å². The zero-order chi connectivity index (χ0) is 38.7. The highest BCUT2D eigenvalue weighted by Gasteiger charge is 2.33. The smallest absolute Gasteiger partial charge is 0.326 e. The van der Waals surface area contributed by atoms with Crippen LogP contribution < -0.4 is 32.3 Å². The minimum absolute atomic E-state index is 0.101. The Morgan fingerprint density at radius 1 is 0.667 bits per heavy atom. The van der Waals surface area contributed by atoms with Gasteiger partial charge in [-0.2, -0.15) is 11.8 Å². The van der Waals surface area contributed by atoms with Gasteiger partial charge in [0.2, 0.25) is 29.5 Å². The maximum absolute atomic E-state index is 13.4. The van der Waals surface area contributed by atoms with Crippen molar-refractivity contribution in [2.45, 2.75) is 88.6 Å². The van der Waals surface area contributed by atoms with Gasteiger partial charge < -0.3 is 52.7 Å². The molecule has 0 spiro atoms. The van der Waals surface area contributed by atoms with Crippen LogP contribution in [0.25, 0.3) is 0 Å². The molecule has 0 radical (unpaired) electrons. The van der Waals surface area contributed by atoms with Gasteiger partial charge in [0.15, 0.2) is 0 Å². The van der Waals surface area contributed by atoms with Crippen molar-refractivity contribution in [3.63, 3.8) is 0 Å². The number of carbonyl (C=O) groups excluding carboxylic acids is 5. The highest BCUT2D eigenvalue weighted by atomic mass is 32.2. The monoisotopic (exact) mass is 740 g/mol. The highest BCUT2D eigenvalue weighted by molar-refractivity contribution is 7.98. The Hall–Kier alpha value is -4.75. The van der Waals surface area contributed by atoms with Crippen LogP contribution >= 0.6 is 11.8 Å². The van der Waals surface area contributed by atoms with E-state index >= 15 is 0 Å². The van der Waals surface area contributed by atoms with Crippen LogP contribution in [0.5, 0.6) is 0 Å². The first-order valence-corrected chi connectivity index (χ1v) is 17.5. The number of aliphatic hydroxyl groups excluding tert-OH is 1. The van der Waals surface area contributed by atoms with Crippen LogP contribution in [0.4, 0.5) is 0 Å². The second-order valence-electron chi connectivity index (χ2n) is 11.9. The first-order chi connectivity index (χ1) is 24.0. The minimum Gasteiger partial charge on any atom is -0.481 e. The topological polar surface area (TPSA) is 304 Å². The molecule has 0 bridgehead atoms. The van der Waals surface area contributed by atoms with Crippen LogP contribution in [0.3, 0.4) is 0 Å². The van der Waals surface area contributed by atoms with Crippen molar-refractivity contribution >= 4 is 59.2 Å². The van der Waals surface area contributed by atoms with Crippen LogP contribution in [-0.2, 0) is 44.8 Å². The normalized spacial score (nSPS) is 14.5. The van der Waals surface area contributed by atoms with Gasteiger partial charge in [-0.3, -0.25) is 33.6 Å². The summed E-state index contributed by atoms with van der Waals surface area (Å²) in [4.78, 5) is 100. The average molecular weight is 741 g/mol. The summed E-state index contributed by atoms with van der Waals surface area (Å²) in [7, 11) is 0. The molecule has 5 amide bonds. The molecule has 0 aliphatic carbocycles. The average Bonchev–Trinajstić information content (AvgIpc) is 3.07. The fourth-order valence-corrected chi connectivity index (χ4v) is 5.06. The number of hydrogen-bond acceptors (Lipinski definition) is 11. The Morgan fingerprint density at radius 3 is 1.57 bits per heavy atom. The van der Waals surface area contributed by atoms with E-state index in [0.717, 1.165) is 0 Å². The summed E-state index contributed by atoms with van der Waals surface area (Å²) in [6, 6.07) is -0.142. The van der Waals surface area contributed by atoms with Crippen LogP contribution in [0.2, 0.25) is 0 Å². The van der Waals surface area contributed by atoms with Crippen molar-refractivity contribution in [3.05, 3.63) is 35.9 Å². The molecule has 18 nitrogen and oxygen atoms in total. The van der Waals surface area contributed by atoms with Gasteiger partial charge in [-0.05, 0) is 42.8 Å². The molecule has 51 heavy (non-hydrogen) atoms. The summed E-state index contributed by atoms with van der Waals surface area (Å²) in [6.07, 6.45) is -0.160. The number of nitrogens with one attached hydrogen (secondary N) is 5. The molecule has 6 atom stereocenters. The van der Waals surface area contributed by atoms with Gasteiger partial charge in [0.25, 0.3) is 0 Å². The van der Waals surface area contributed by atoms with E-state index in [1.807, 2.05) is 0 Å². The maximum Gasteiger partial charge on any atom is 0.326 e. The van der Waals surface area contributed by atoms with Crippen molar-refractivity contribution in [2.75, 3.05) is 18.6 Å². The lowest BCUT2D eigenvalue weighted by Gasteiger charge is -2.27. The van der Waals surface area contributed by atoms with E-state index in [9.17, 15) is 53.7 Å². The number of thioether (sulfide) groups is 1. The summed E-state index contributed by atoms with van der Waals surface area (Å²) in [5, 5.41) is 49.6. The lowest BCUT2D eigenvalue weighted by atomic mass is 10.0. The van der Waals surface area contributed by atoms with Crippen molar-refractivity contribution in [1.29, 1.82) is 0 Å². The summed E-state index contributed by atoms with van der Waals surface area (Å²) in [6.45, 7) is 2.14. The largest absolute Gasteiger partial charge is 0.481 e. The van der Waals surface area contributed by atoms with Gasteiger partial charge in [0, 0.05) is 19.3 Å². The molecule has 0 saturated carbocycles. The van der Waals surface area contributed by atoms with Gasteiger partial charge in [0.1, 0.15) is 30.2 Å². The zero-order valence-corrected chi connectivity index (χ0v) is 29.4. The number of aliphatic carboxylic acids is 3. The SMILES string of the molecule is CSCC[C@H](N)C(=O)N[C@@H](CCC(=O)O)C(=O)N[C@@H](CCC(=O)O)C(=O)N[C@@H](CO)C(=O)N[C@@H](Cc1ccccc1)C(=O)N[C@H](C(=O)O)C(C)C. The molecule has 284 valence electrons. The van der Waals surface area contributed by atoms with E-state index in [4.69, 9.17) is 10.8 Å². The van der Waals surface area contributed by atoms with Crippen molar-refractivity contribution in [3.8, 4) is 0 Å². The van der Waals surface area contributed by atoms with Gasteiger partial charge in [-0.1, -0.05) is 44.2 Å². The van der Waals surface area contributed by atoms with E-state index in [1.54, 1.807) is 50.4 Å². The third-order valence-electron chi connectivity index (χ3n) is 7.49. The summed E-state index contributed by atoms with van der Waals surface area (Å²) in [5.74, 6) is -8.75. The van der Waals surface area contributed by atoms with Crippen molar-refractivity contribution < 1.29 is 58.8 Å². The summed E-state index contributed by atoms with van der Waals surface area (Å²) >= 11 is 1.43. The van der Waals surface area contributed by atoms with E-state index < -0.39 is 122 Å². The van der Waals surface area contributed by atoms with Crippen LogP contribution in [0, 0.1) is 5.92 Å². The number of carboxylic acid groups (broad SMARTS) is 3. The van der Waals surface area contributed by atoms with Crippen LogP contribution in [0.1, 0.15) is 51.5 Å². The highest BCUT2D eigenvalue weighted by Crippen LogP contribution is 2.09. The first kappa shape index (κ1) is 44.3. The Morgan fingerprint density at radius 2 is 1.12 bits per heavy atom. The number of rotatable bonds is 24. The lowest BCUT2D eigenvalue weighted by Crippen LogP contribution is -2.60. The Balaban J connectivity index is 3.23. The number of carboxylic acids is 3. The molecular formula is C32H48N6O12S. The molecular weight excluding hydrogens is 692 g/mol. The molecule has 0 aromatic heterocycles. The molecule has 0 heterocycles. The Kier molecular flexibility index (Phi) is 19.8. The number of nitrogens with two attached hydrogens (primary N) is 1. The number of hydrogen-bond donors (Lipinski definition) is 10. The third kappa shape index (κ3) is 16.7. The quantitative estimate of drug-likeness (QED) is 0.0559. The molecule has 19 heteroatoms. The predicted molar refractivity (Wildman–Crippen MR) is 184 cm³/mol. The molecule has 0 aliphatic heterocycles. The number of amides is 5. The summed E-state index contributed by atoms with van der Waals surface area (Å²) in [5.41, 5.74) is 6.46. The van der Waals surface area contributed by atoms with Crippen molar-refractivity contribution in [2.24, 2.45) is 11.7 Å². The Bertz CT molecular complexity index is 1370. The molecule has 0 unspecified atom stereocenters. The van der Waals surface area contributed by atoms with Gasteiger partial charge in [-0.15, -0.1) is 0 Å². The fourth-order valence-electron chi connectivity index (χ4n) is 4.57. The second-order valence-corrected chi connectivity index (χ2v) is 12.9. The first-order valence-electron chi connectivity index (χ1n) is 16.1. The van der Waals surface area contributed by atoms with E-state index in [-0.39, 0.29) is 12.8 Å². The second kappa shape index (κ2) is 22.9. The summed E-state index contributed by atoms with van der Waals surface area (Å²) < 4.78 is 0. The van der Waals surface area contributed by atoms with Gasteiger partial charge in [0.05, 0.1) is 12.6 Å². The zero-order valence-electron chi connectivity index (χ0n) is 28.6. The number of aliphatic hydroxyl groups is 1. The van der Waals surface area contributed by atoms with E-state index in [0.29, 0.717) is 11.3 Å². The third-order valence-corrected chi connectivity index (χ3v) is 8.14. The van der Waals surface area contributed by atoms with Crippen LogP contribution in [0.15, 0.2) is 30.3 Å². The van der Waals surface area contributed by atoms with Gasteiger partial charge in [-0.25, -0.2) is 4.79 Å². The van der Waals surface area contributed by atoms with Crippen LogP contribution in [-0.4, -0.2) is 123 Å². The van der Waals surface area contributed by atoms with Gasteiger partial charge >= 0.3 is 17.9 Å². The molecule has 1 rings (SSSR count). The number of carbonyl (C=O) groups is 8. The molecule has 1 aromatic carbocycles. The molecule has 11 N–H and O–H groups in total. The van der Waals surface area contributed by atoms with E-state index in [2.05, 4.69) is 26.6 Å².